The molecule has 1 N–H and O–H groups in total. The smallest absolute Gasteiger partial charge is 0.119 e. The SMILES string of the molecule is CC(C)NCc1cc(Br)ccc1Sc1ncccc1Cl. The van der Waals surface area contributed by atoms with Crippen LogP contribution in [0.5, 0.6) is 0 Å². The molecule has 0 fully saturated rings. The van der Waals surface area contributed by atoms with E-state index in [0.29, 0.717) is 11.1 Å². The lowest BCUT2D eigenvalue weighted by Gasteiger charge is -2.13. The van der Waals surface area contributed by atoms with Gasteiger partial charge in [-0.15, -0.1) is 0 Å². The highest BCUT2D eigenvalue weighted by Gasteiger charge is 2.09. The van der Waals surface area contributed by atoms with Crippen molar-refractivity contribution in [3.8, 4) is 0 Å². The maximum atomic E-state index is 6.18. The van der Waals surface area contributed by atoms with E-state index in [1.165, 1.54) is 10.5 Å². The summed E-state index contributed by atoms with van der Waals surface area (Å²) in [6.45, 7) is 5.10. The highest BCUT2D eigenvalue weighted by atomic mass is 79.9. The summed E-state index contributed by atoms with van der Waals surface area (Å²) in [5, 5.41) is 4.96. The summed E-state index contributed by atoms with van der Waals surface area (Å²) in [5.74, 6) is 0. The molecule has 0 aliphatic heterocycles. The third-order valence-electron chi connectivity index (χ3n) is 2.65. The van der Waals surface area contributed by atoms with Crippen molar-refractivity contribution in [1.82, 2.24) is 10.3 Å². The first-order chi connectivity index (χ1) is 9.56. The maximum absolute atomic E-state index is 6.18. The highest BCUT2D eigenvalue weighted by molar-refractivity contribution is 9.10. The molecule has 0 bridgehead atoms. The van der Waals surface area contributed by atoms with E-state index in [1.54, 1.807) is 18.0 Å². The predicted octanol–water partition coefficient (Wildman–Crippen LogP) is 5.15. The third kappa shape index (κ3) is 4.48. The molecule has 0 radical (unpaired) electrons. The molecule has 1 heterocycles. The second-order valence-corrected chi connectivity index (χ2v) is 7.03. The van der Waals surface area contributed by atoms with E-state index in [2.05, 4.69) is 52.2 Å². The molecule has 0 atom stereocenters. The minimum atomic E-state index is 0.449. The van der Waals surface area contributed by atoms with Gasteiger partial charge in [0.25, 0.3) is 0 Å². The van der Waals surface area contributed by atoms with Crippen LogP contribution in [-0.2, 0) is 6.54 Å². The fourth-order valence-corrected chi connectivity index (χ4v) is 3.18. The number of aromatic nitrogens is 1. The zero-order valence-electron chi connectivity index (χ0n) is 11.4. The van der Waals surface area contributed by atoms with Crippen LogP contribution in [0.25, 0.3) is 0 Å². The molecule has 106 valence electrons. The summed E-state index contributed by atoms with van der Waals surface area (Å²) in [6.07, 6.45) is 1.76. The van der Waals surface area contributed by atoms with Gasteiger partial charge in [0.1, 0.15) is 5.03 Å². The van der Waals surface area contributed by atoms with Crippen LogP contribution in [-0.4, -0.2) is 11.0 Å². The fraction of sp³-hybridized carbons (Fsp3) is 0.267. The van der Waals surface area contributed by atoms with E-state index in [0.717, 1.165) is 16.0 Å². The van der Waals surface area contributed by atoms with Crippen LogP contribution in [0.15, 0.2) is 50.9 Å². The van der Waals surface area contributed by atoms with Gasteiger partial charge in [-0.1, -0.05) is 53.1 Å². The number of nitrogens with one attached hydrogen (secondary N) is 1. The van der Waals surface area contributed by atoms with Crippen molar-refractivity contribution in [1.29, 1.82) is 0 Å². The summed E-state index contributed by atoms with van der Waals surface area (Å²) < 4.78 is 1.08. The van der Waals surface area contributed by atoms with Crippen molar-refractivity contribution in [2.24, 2.45) is 0 Å². The van der Waals surface area contributed by atoms with Crippen molar-refractivity contribution < 1.29 is 0 Å². The second kappa shape index (κ2) is 7.46. The van der Waals surface area contributed by atoms with Crippen molar-refractivity contribution in [2.45, 2.75) is 36.4 Å². The summed E-state index contributed by atoms with van der Waals surface area (Å²) in [5.41, 5.74) is 1.24. The molecule has 2 nitrogen and oxygen atoms in total. The number of nitrogens with zero attached hydrogens (tertiary/aromatic N) is 1. The van der Waals surface area contributed by atoms with E-state index < -0.39 is 0 Å². The topological polar surface area (TPSA) is 24.9 Å². The molecule has 0 unspecified atom stereocenters. The van der Waals surface area contributed by atoms with Crippen LogP contribution < -0.4 is 5.32 Å². The lowest BCUT2D eigenvalue weighted by molar-refractivity contribution is 0.584. The van der Waals surface area contributed by atoms with Gasteiger partial charge in [-0.3, -0.25) is 0 Å². The van der Waals surface area contributed by atoms with Crippen LogP contribution >= 0.6 is 39.3 Å². The van der Waals surface area contributed by atoms with Gasteiger partial charge >= 0.3 is 0 Å². The first-order valence-corrected chi connectivity index (χ1v) is 8.35. The number of hydrogen-bond acceptors (Lipinski definition) is 3. The zero-order valence-corrected chi connectivity index (χ0v) is 14.5. The third-order valence-corrected chi connectivity index (χ3v) is 4.70. The number of halogens is 2. The van der Waals surface area contributed by atoms with Crippen molar-refractivity contribution >= 4 is 39.3 Å². The van der Waals surface area contributed by atoms with Gasteiger partial charge in [0.05, 0.1) is 5.02 Å². The number of pyridine rings is 1. The average molecular weight is 372 g/mol. The number of hydrogen-bond donors (Lipinski definition) is 1. The van der Waals surface area contributed by atoms with Gasteiger partial charge in [0.15, 0.2) is 0 Å². The molecule has 2 rings (SSSR count). The Morgan fingerprint density at radius 3 is 2.85 bits per heavy atom. The van der Waals surface area contributed by atoms with Gasteiger partial charge in [0.2, 0.25) is 0 Å². The molecule has 0 saturated heterocycles. The van der Waals surface area contributed by atoms with Crippen LogP contribution in [0.4, 0.5) is 0 Å². The molecule has 5 heteroatoms. The lowest BCUT2D eigenvalue weighted by Crippen LogP contribution is -2.22. The van der Waals surface area contributed by atoms with E-state index in [1.807, 2.05) is 18.2 Å². The van der Waals surface area contributed by atoms with Crippen LogP contribution in [0.3, 0.4) is 0 Å². The van der Waals surface area contributed by atoms with E-state index in [9.17, 15) is 0 Å². The lowest BCUT2D eigenvalue weighted by atomic mass is 10.2. The van der Waals surface area contributed by atoms with E-state index in [-0.39, 0.29) is 0 Å². The number of benzene rings is 1. The Bertz CT molecular complexity index is 590. The van der Waals surface area contributed by atoms with Gasteiger partial charge in [-0.25, -0.2) is 4.98 Å². The number of rotatable bonds is 5. The highest BCUT2D eigenvalue weighted by Crippen LogP contribution is 2.34. The quantitative estimate of drug-likeness (QED) is 0.787. The van der Waals surface area contributed by atoms with Crippen molar-refractivity contribution in [3.63, 3.8) is 0 Å². The molecular weight excluding hydrogens is 356 g/mol. The first-order valence-electron chi connectivity index (χ1n) is 6.36. The first kappa shape index (κ1) is 15.8. The minimum Gasteiger partial charge on any atom is -0.310 e. The molecule has 0 saturated carbocycles. The molecule has 20 heavy (non-hydrogen) atoms. The largest absolute Gasteiger partial charge is 0.310 e. The Kier molecular flexibility index (Phi) is 5.90. The molecule has 0 spiro atoms. The fourth-order valence-electron chi connectivity index (χ4n) is 1.65. The second-order valence-electron chi connectivity index (χ2n) is 4.68. The Morgan fingerprint density at radius 2 is 2.15 bits per heavy atom. The van der Waals surface area contributed by atoms with Crippen molar-refractivity contribution in [3.05, 3.63) is 51.6 Å². The summed E-state index contributed by atoms with van der Waals surface area (Å²) in [7, 11) is 0. The average Bonchev–Trinajstić information content (AvgIpc) is 2.41. The molecule has 0 amide bonds. The van der Waals surface area contributed by atoms with Gasteiger partial charge < -0.3 is 5.32 Å². The summed E-state index contributed by atoms with van der Waals surface area (Å²) >= 11 is 11.3. The normalized spacial score (nSPS) is 11.1. The van der Waals surface area contributed by atoms with Crippen molar-refractivity contribution in [2.75, 3.05) is 0 Å². The van der Waals surface area contributed by atoms with Crippen LogP contribution in [0.2, 0.25) is 5.02 Å². The molecule has 0 aliphatic carbocycles. The van der Waals surface area contributed by atoms with Gasteiger partial charge in [0, 0.05) is 28.2 Å². The molecule has 1 aromatic heterocycles. The Hall–Kier alpha value is -0.550. The minimum absolute atomic E-state index is 0.449. The molecule has 2 aromatic rings. The van der Waals surface area contributed by atoms with E-state index >= 15 is 0 Å². The Balaban J connectivity index is 2.24. The molecular formula is C15H16BrClN2S. The maximum Gasteiger partial charge on any atom is 0.119 e. The summed E-state index contributed by atoms with van der Waals surface area (Å²) in [6, 6.07) is 10.4. The molecule has 1 aromatic carbocycles. The zero-order chi connectivity index (χ0) is 14.5. The van der Waals surface area contributed by atoms with Gasteiger partial charge in [-0.05, 0) is 35.9 Å². The predicted molar refractivity (Wildman–Crippen MR) is 89.5 cm³/mol. The Morgan fingerprint density at radius 1 is 1.35 bits per heavy atom. The standard InChI is InChI=1S/C15H16BrClN2S/c1-10(2)19-9-11-8-12(16)5-6-14(11)20-15-13(17)4-3-7-18-15/h3-8,10,19H,9H2,1-2H3. The van der Waals surface area contributed by atoms with E-state index in [4.69, 9.17) is 11.6 Å². The van der Waals surface area contributed by atoms with Crippen LogP contribution in [0.1, 0.15) is 19.4 Å². The monoisotopic (exact) mass is 370 g/mol. The van der Waals surface area contributed by atoms with Gasteiger partial charge in [-0.2, -0.15) is 0 Å². The van der Waals surface area contributed by atoms with Crippen LogP contribution in [0, 0.1) is 0 Å². The Labute approximate surface area is 137 Å². The summed E-state index contributed by atoms with van der Waals surface area (Å²) in [4.78, 5) is 5.50. The molecule has 0 aliphatic rings.